The third kappa shape index (κ3) is 4.85. The Morgan fingerprint density at radius 2 is 1.74 bits per heavy atom. The zero-order chi connectivity index (χ0) is 18.5. The molecule has 1 saturated heterocycles. The summed E-state index contributed by atoms with van der Waals surface area (Å²) in [7, 11) is 0. The zero-order valence-corrected chi connectivity index (χ0v) is 16.0. The van der Waals surface area contributed by atoms with Crippen LogP contribution in [0.25, 0.3) is 0 Å². The normalized spacial score (nSPS) is 20.2. The van der Waals surface area contributed by atoms with E-state index in [1.54, 1.807) is 0 Å². The van der Waals surface area contributed by atoms with Gasteiger partial charge in [0.1, 0.15) is 0 Å². The second-order valence-electron chi connectivity index (χ2n) is 7.67. The smallest absolute Gasteiger partial charge is 0.0659 e. The number of hydrogen-bond acceptors (Lipinski definition) is 3. The van der Waals surface area contributed by atoms with Crippen LogP contribution in [0.2, 0.25) is 0 Å². The highest BCUT2D eigenvalue weighted by molar-refractivity contribution is 5.24. The Hall–Kier alpha value is -2.43. The van der Waals surface area contributed by atoms with Crippen LogP contribution in [-0.4, -0.2) is 33.8 Å². The van der Waals surface area contributed by atoms with Gasteiger partial charge in [-0.05, 0) is 28.7 Å². The van der Waals surface area contributed by atoms with Crippen molar-refractivity contribution < 1.29 is 0 Å². The lowest BCUT2D eigenvalue weighted by Gasteiger charge is -2.18. The van der Waals surface area contributed by atoms with Gasteiger partial charge in [-0.25, -0.2) is 0 Å². The van der Waals surface area contributed by atoms with E-state index in [0.29, 0.717) is 12.0 Å². The van der Waals surface area contributed by atoms with Crippen LogP contribution < -0.4 is 5.32 Å². The van der Waals surface area contributed by atoms with Gasteiger partial charge in [0.15, 0.2) is 0 Å². The minimum Gasteiger partial charge on any atom is -0.308 e. The molecule has 1 aliphatic rings. The monoisotopic (exact) mass is 360 g/mol. The van der Waals surface area contributed by atoms with E-state index in [9.17, 15) is 0 Å². The van der Waals surface area contributed by atoms with Crippen molar-refractivity contribution in [2.45, 2.75) is 32.6 Å². The van der Waals surface area contributed by atoms with Crippen LogP contribution in [0.5, 0.6) is 0 Å². The van der Waals surface area contributed by atoms with Crippen molar-refractivity contribution in [3.05, 3.63) is 89.7 Å². The van der Waals surface area contributed by atoms with E-state index < -0.39 is 0 Å². The summed E-state index contributed by atoms with van der Waals surface area (Å²) in [6.07, 6.45) is 3.83. The van der Waals surface area contributed by atoms with E-state index >= 15 is 0 Å². The molecule has 1 aliphatic heterocycles. The maximum absolute atomic E-state index is 4.30. The first-order valence-electron chi connectivity index (χ1n) is 9.81. The standard InChI is InChI=1S/C23H28N4/c1-19-15-26(16-20-7-3-2-4-8-20)18-23(19)24-14-21-9-5-10-22(13-21)17-27-12-6-11-25-27/h2-13,19,23-24H,14-18H2,1H3/t19-,23-/m0/s1. The molecular weight excluding hydrogens is 332 g/mol. The van der Waals surface area contributed by atoms with Crippen LogP contribution in [0.1, 0.15) is 23.6 Å². The third-order valence-electron chi connectivity index (χ3n) is 5.40. The summed E-state index contributed by atoms with van der Waals surface area (Å²) in [5, 5.41) is 8.08. The number of nitrogens with zero attached hydrogens (tertiary/aromatic N) is 3. The molecule has 27 heavy (non-hydrogen) atoms. The van der Waals surface area contributed by atoms with Gasteiger partial charge in [0.25, 0.3) is 0 Å². The Balaban J connectivity index is 1.31. The topological polar surface area (TPSA) is 33.1 Å². The highest BCUT2D eigenvalue weighted by Crippen LogP contribution is 2.19. The van der Waals surface area contributed by atoms with Gasteiger partial charge in [0.2, 0.25) is 0 Å². The van der Waals surface area contributed by atoms with Gasteiger partial charge in [-0.1, -0.05) is 61.5 Å². The Bertz CT molecular complexity index is 829. The molecule has 0 amide bonds. The Morgan fingerprint density at radius 1 is 0.926 bits per heavy atom. The molecule has 4 heteroatoms. The first-order valence-corrected chi connectivity index (χ1v) is 9.81. The van der Waals surface area contributed by atoms with Gasteiger partial charge in [0, 0.05) is 44.6 Å². The van der Waals surface area contributed by atoms with Gasteiger partial charge >= 0.3 is 0 Å². The molecule has 0 bridgehead atoms. The van der Waals surface area contributed by atoms with Gasteiger partial charge in [-0.2, -0.15) is 5.10 Å². The first kappa shape index (κ1) is 18.0. The molecule has 4 nitrogen and oxygen atoms in total. The maximum Gasteiger partial charge on any atom is 0.0659 e. The molecule has 0 radical (unpaired) electrons. The summed E-state index contributed by atoms with van der Waals surface area (Å²) < 4.78 is 1.97. The molecule has 1 aromatic heterocycles. The molecule has 2 atom stereocenters. The van der Waals surface area contributed by atoms with Crippen molar-refractivity contribution >= 4 is 0 Å². The molecule has 1 fully saturated rings. The fourth-order valence-electron chi connectivity index (χ4n) is 3.97. The summed E-state index contributed by atoms with van der Waals surface area (Å²) >= 11 is 0. The predicted molar refractivity (Wildman–Crippen MR) is 109 cm³/mol. The van der Waals surface area contributed by atoms with Gasteiger partial charge < -0.3 is 5.32 Å². The molecule has 0 saturated carbocycles. The third-order valence-corrected chi connectivity index (χ3v) is 5.40. The molecule has 3 aromatic rings. The van der Waals surface area contributed by atoms with E-state index in [-0.39, 0.29) is 0 Å². The lowest BCUT2D eigenvalue weighted by atomic mass is 10.1. The predicted octanol–water partition coefficient (Wildman–Crippen LogP) is 3.54. The Morgan fingerprint density at radius 3 is 2.56 bits per heavy atom. The Kier molecular flexibility index (Phi) is 5.66. The van der Waals surface area contributed by atoms with E-state index in [1.165, 1.54) is 16.7 Å². The van der Waals surface area contributed by atoms with Crippen molar-refractivity contribution in [1.82, 2.24) is 20.0 Å². The Labute approximate surface area is 161 Å². The summed E-state index contributed by atoms with van der Waals surface area (Å²) in [6.45, 7) is 7.42. The van der Waals surface area contributed by atoms with Crippen molar-refractivity contribution in [2.24, 2.45) is 5.92 Å². The van der Waals surface area contributed by atoms with Crippen molar-refractivity contribution in [3.8, 4) is 0 Å². The van der Waals surface area contributed by atoms with E-state index in [4.69, 9.17) is 0 Å². The van der Waals surface area contributed by atoms with Crippen molar-refractivity contribution in [1.29, 1.82) is 0 Å². The second kappa shape index (κ2) is 8.51. The summed E-state index contributed by atoms with van der Waals surface area (Å²) in [6, 6.07) is 22.1. The summed E-state index contributed by atoms with van der Waals surface area (Å²) in [5.41, 5.74) is 4.04. The van der Waals surface area contributed by atoms with Crippen LogP contribution in [0.3, 0.4) is 0 Å². The molecule has 2 heterocycles. The molecule has 2 aromatic carbocycles. The quantitative estimate of drug-likeness (QED) is 0.700. The molecule has 1 N–H and O–H groups in total. The number of aromatic nitrogens is 2. The van der Waals surface area contributed by atoms with Crippen molar-refractivity contribution in [3.63, 3.8) is 0 Å². The molecule has 0 unspecified atom stereocenters. The fraction of sp³-hybridized carbons (Fsp3) is 0.348. The largest absolute Gasteiger partial charge is 0.308 e. The van der Waals surface area contributed by atoms with E-state index in [0.717, 1.165) is 32.7 Å². The van der Waals surface area contributed by atoms with Crippen LogP contribution in [0.15, 0.2) is 73.1 Å². The lowest BCUT2D eigenvalue weighted by Crippen LogP contribution is -2.35. The number of likely N-dealkylation sites (tertiary alicyclic amines) is 1. The number of rotatable bonds is 7. The average molecular weight is 361 g/mol. The first-order chi connectivity index (χ1) is 13.3. The van der Waals surface area contributed by atoms with Gasteiger partial charge in [0.05, 0.1) is 6.54 Å². The zero-order valence-electron chi connectivity index (χ0n) is 16.0. The van der Waals surface area contributed by atoms with Gasteiger partial charge in [-0.3, -0.25) is 9.58 Å². The number of hydrogen-bond donors (Lipinski definition) is 1. The number of nitrogens with one attached hydrogen (secondary N) is 1. The molecule has 140 valence electrons. The van der Waals surface area contributed by atoms with Crippen LogP contribution in [-0.2, 0) is 19.6 Å². The minimum atomic E-state index is 0.545. The van der Waals surface area contributed by atoms with Crippen LogP contribution in [0.4, 0.5) is 0 Å². The number of benzene rings is 2. The molecule has 0 spiro atoms. The molecule has 0 aliphatic carbocycles. The minimum absolute atomic E-state index is 0.545. The van der Waals surface area contributed by atoms with Crippen LogP contribution >= 0.6 is 0 Å². The van der Waals surface area contributed by atoms with Gasteiger partial charge in [-0.15, -0.1) is 0 Å². The van der Waals surface area contributed by atoms with E-state index in [1.807, 2.05) is 23.1 Å². The van der Waals surface area contributed by atoms with Crippen molar-refractivity contribution in [2.75, 3.05) is 13.1 Å². The molecule has 4 rings (SSSR count). The fourth-order valence-corrected chi connectivity index (χ4v) is 3.97. The highest BCUT2D eigenvalue weighted by Gasteiger charge is 2.28. The summed E-state index contributed by atoms with van der Waals surface area (Å²) in [5.74, 6) is 0.668. The average Bonchev–Trinajstić information content (AvgIpc) is 3.31. The highest BCUT2D eigenvalue weighted by atomic mass is 15.3. The lowest BCUT2D eigenvalue weighted by molar-refractivity contribution is 0.316. The second-order valence-corrected chi connectivity index (χ2v) is 7.67. The SMILES string of the molecule is C[C@H]1CN(Cc2ccccc2)C[C@@H]1NCc1cccc(Cn2cccn2)c1. The van der Waals surface area contributed by atoms with E-state index in [2.05, 4.69) is 76.8 Å². The summed E-state index contributed by atoms with van der Waals surface area (Å²) in [4.78, 5) is 2.56. The van der Waals surface area contributed by atoms with Crippen LogP contribution in [0, 0.1) is 5.92 Å². The molecular formula is C23H28N4. The maximum atomic E-state index is 4.30.